The van der Waals surface area contributed by atoms with Gasteiger partial charge >= 0.3 is 0 Å². The summed E-state index contributed by atoms with van der Waals surface area (Å²) in [4.78, 5) is 11.5. The second-order valence-corrected chi connectivity index (χ2v) is 6.56. The van der Waals surface area contributed by atoms with E-state index in [1.54, 1.807) is 17.5 Å². The number of aromatic nitrogens is 3. The van der Waals surface area contributed by atoms with Crippen LogP contribution in [0.1, 0.15) is 23.9 Å². The molecule has 0 radical (unpaired) electrons. The molecular weight excluding hydrogens is 268 g/mol. The fraction of sp³-hybridized carbons (Fsp3) is 0.333. The molecule has 3 heterocycles. The highest BCUT2D eigenvalue weighted by molar-refractivity contribution is 7.17. The number of nitrogens with zero attached hydrogens (tertiary/aromatic N) is 3. The number of anilines is 1. The van der Waals surface area contributed by atoms with E-state index in [0.717, 1.165) is 40.9 Å². The smallest absolute Gasteiger partial charge is 0.196 e. The number of nitrogen functional groups attached to an aromatic ring is 1. The number of hydrogen-bond acceptors (Lipinski definition) is 4. The highest BCUT2D eigenvalue weighted by Crippen LogP contribution is 2.36. The second kappa shape index (κ2) is 4.31. The zero-order valence-corrected chi connectivity index (χ0v) is 12.2. The van der Waals surface area contributed by atoms with Crippen LogP contribution in [0.25, 0.3) is 16.3 Å². The molecule has 1 atom stereocenters. The molecule has 4 nitrogen and oxygen atoms in total. The van der Waals surface area contributed by atoms with E-state index in [-0.39, 0.29) is 0 Å². The molecule has 1 aliphatic rings. The quantitative estimate of drug-likeness (QED) is 0.746. The zero-order chi connectivity index (χ0) is 13.7. The first-order valence-corrected chi connectivity index (χ1v) is 7.75. The molecule has 0 fully saturated rings. The SMILES string of the molecule is CC1CCc2c(sc3nc(-c4ccccn4)c(N)n23)C1. The maximum atomic E-state index is 6.34. The van der Waals surface area contributed by atoms with Crippen molar-refractivity contribution in [1.82, 2.24) is 14.4 Å². The fourth-order valence-corrected chi connectivity index (χ4v) is 4.27. The molecule has 20 heavy (non-hydrogen) atoms. The Labute approximate surface area is 121 Å². The van der Waals surface area contributed by atoms with Crippen LogP contribution in [-0.4, -0.2) is 14.4 Å². The molecule has 0 spiro atoms. The molecule has 3 aromatic heterocycles. The third-order valence-electron chi connectivity index (χ3n) is 4.00. The number of nitrogens with two attached hydrogens (primary N) is 1. The summed E-state index contributed by atoms with van der Waals surface area (Å²) in [6, 6.07) is 5.82. The number of imidazole rings is 1. The first-order valence-electron chi connectivity index (χ1n) is 6.94. The molecule has 3 aromatic rings. The Balaban J connectivity index is 1.91. The van der Waals surface area contributed by atoms with Gasteiger partial charge in [0, 0.05) is 16.8 Å². The van der Waals surface area contributed by atoms with Gasteiger partial charge in [0.15, 0.2) is 4.96 Å². The monoisotopic (exact) mass is 284 g/mol. The lowest BCUT2D eigenvalue weighted by molar-refractivity contribution is 0.499. The minimum absolute atomic E-state index is 0.728. The number of pyridine rings is 1. The van der Waals surface area contributed by atoms with Gasteiger partial charge in [-0.2, -0.15) is 0 Å². The van der Waals surface area contributed by atoms with Crippen molar-refractivity contribution in [2.24, 2.45) is 5.92 Å². The third-order valence-corrected chi connectivity index (χ3v) is 5.11. The fourth-order valence-electron chi connectivity index (χ4n) is 2.94. The molecule has 2 N–H and O–H groups in total. The van der Waals surface area contributed by atoms with Gasteiger partial charge in [-0.3, -0.25) is 9.38 Å². The summed E-state index contributed by atoms with van der Waals surface area (Å²) in [7, 11) is 0. The largest absolute Gasteiger partial charge is 0.383 e. The van der Waals surface area contributed by atoms with Crippen LogP contribution in [0, 0.1) is 5.92 Å². The number of rotatable bonds is 1. The van der Waals surface area contributed by atoms with E-state index in [1.807, 2.05) is 18.2 Å². The summed E-state index contributed by atoms with van der Waals surface area (Å²) in [6.07, 6.45) is 5.26. The van der Waals surface area contributed by atoms with Crippen molar-refractivity contribution in [3.8, 4) is 11.4 Å². The van der Waals surface area contributed by atoms with Crippen LogP contribution in [0.2, 0.25) is 0 Å². The topological polar surface area (TPSA) is 56.2 Å². The number of fused-ring (bicyclic) bond motifs is 3. The lowest BCUT2D eigenvalue weighted by Gasteiger charge is -2.17. The van der Waals surface area contributed by atoms with Crippen LogP contribution in [-0.2, 0) is 12.8 Å². The summed E-state index contributed by atoms with van der Waals surface area (Å²) < 4.78 is 2.13. The Morgan fingerprint density at radius 1 is 1.40 bits per heavy atom. The van der Waals surface area contributed by atoms with Crippen LogP contribution in [0.3, 0.4) is 0 Å². The molecule has 1 unspecified atom stereocenters. The molecule has 0 bridgehead atoms. The zero-order valence-electron chi connectivity index (χ0n) is 11.3. The van der Waals surface area contributed by atoms with E-state index in [1.165, 1.54) is 17.0 Å². The number of hydrogen-bond donors (Lipinski definition) is 1. The van der Waals surface area contributed by atoms with Gasteiger partial charge in [0.25, 0.3) is 0 Å². The summed E-state index contributed by atoms with van der Waals surface area (Å²) in [6.45, 7) is 2.31. The van der Waals surface area contributed by atoms with Crippen LogP contribution in [0.15, 0.2) is 24.4 Å². The molecule has 102 valence electrons. The molecule has 1 aliphatic carbocycles. The second-order valence-electron chi connectivity index (χ2n) is 5.50. The Kier molecular flexibility index (Phi) is 2.57. The lowest BCUT2D eigenvalue weighted by Crippen LogP contribution is -2.11. The molecule has 5 heteroatoms. The van der Waals surface area contributed by atoms with Gasteiger partial charge in [0.1, 0.15) is 11.5 Å². The molecule has 0 amide bonds. The van der Waals surface area contributed by atoms with Gasteiger partial charge in [-0.25, -0.2) is 4.98 Å². The molecular formula is C15H16N4S. The molecule has 0 saturated carbocycles. The van der Waals surface area contributed by atoms with Gasteiger partial charge in [-0.1, -0.05) is 13.0 Å². The van der Waals surface area contributed by atoms with Crippen molar-refractivity contribution in [1.29, 1.82) is 0 Å². The van der Waals surface area contributed by atoms with E-state index < -0.39 is 0 Å². The highest BCUT2D eigenvalue weighted by Gasteiger charge is 2.24. The van der Waals surface area contributed by atoms with E-state index in [4.69, 9.17) is 10.7 Å². The summed E-state index contributed by atoms with van der Waals surface area (Å²) in [5.41, 5.74) is 9.35. The average molecular weight is 284 g/mol. The van der Waals surface area contributed by atoms with Crippen molar-refractivity contribution in [3.05, 3.63) is 35.0 Å². The Hall–Kier alpha value is -1.88. The minimum atomic E-state index is 0.728. The average Bonchev–Trinajstić information content (AvgIpc) is 2.96. The van der Waals surface area contributed by atoms with E-state index in [0.29, 0.717) is 0 Å². The van der Waals surface area contributed by atoms with Crippen molar-refractivity contribution in [3.63, 3.8) is 0 Å². The van der Waals surface area contributed by atoms with E-state index in [9.17, 15) is 0 Å². The van der Waals surface area contributed by atoms with Crippen LogP contribution >= 0.6 is 11.3 Å². The first-order chi connectivity index (χ1) is 9.74. The minimum Gasteiger partial charge on any atom is -0.383 e. The summed E-state index contributed by atoms with van der Waals surface area (Å²) in [5.74, 6) is 1.49. The predicted octanol–water partition coefficient (Wildman–Crippen LogP) is 3.16. The maximum absolute atomic E-state index is 6.34. The van der Waals surface area contributed by atoms with Crippen LogP contribution in [0.5, 0.6) is 0 Å². The molecule has 4 rings (SSSR count). The normalized spacial score (nSPS) is 18.4. The van der Waals surface area contributed by atoms with Gasteiger partial charge in [-0.05, 0) is 37.3 Å². The van der Waals surface area contributed by atoms with Gasteiger partial charge in [0.05, 0.1) is 5.69 Å². The maximum Gasteiger partial charge on any atom is 0.196 e. The summed E-state index contributed by atoms with van der Waals surface area (Å²) in [5, 5.41) is 0. The molecule has 0 saturated heterocycles. The van der Waals surface area contributed by atoms with Crippen LogP contribution < -0.4 is 5.73 Å². The van der Waals surface area contributed by atoms with E-state index in [2.05, 4.69) is 16.3 Å². The van der Waals surface area contributed by atoms with E-state index >= 15 is 0 Å². The first kappa shape index (κ1) is 11.9. The standard InChI is InChI=1S/C15H16N4S/c1-9-5-6-11-12(8-9)20-15-18-13(14(16)19(11)15)10-4-2-3-7-17-10/h2-4,7,9H,5-6,8,16H2,1H3. The number of aryl methyl sites for hydroxylation is 1. The lowest BCUT2D eigenvalue weighted by atomic mass is 9.93. The van der Waals surface area contributed by atoms with Crippen molar-refractivity contribution < 1.29 is 0 Å². The van der Waals surface area contributed by atoms with Gasteiger partial charge in [0.2, 0.25) is 0 Å². The highest BCUT2D eigenvalue weighted by atomic mass is 32.1. The Morgan fingerprint density at radius 3 is 3.10 bits per heavy atom. The van der Waals surface area contributed by atoms with Crippen molar-refractivity contribution in [2.75, 3.05) is 5.73 Å². The van der Waals surface area contributed by atoms with Crippen LogP contribution in [0.4, 0.5) is 5.82 Å². The van der Waals surface area contributed by atoms with Gasteiger partial charge in [-0.15, -0.1) is 11.3 Å². The van der Waals surface area contributed by atoms with Crippen molar-refractivity contribution >= 4 is 22.1 Å². The molecule has 0 aromatic carbocycles. The summed E-state index contributed by atoms with van der Waals surface area (Å²) >= 11 is 1.78. The Bertz CT molecular complexity index is 772. The molecule has 0 aliphatic heterocycles. The predicted molar refractivity (Wildman–Crippen MR) is 81.9 cm³/mol. The number of thiazole rings is 1. The Morgan fingerprint density at radius 2 is 2.30 bits per heavy atom. The third kappa shape index (κ3) is 1.66. The van der Waals surface area contributed by atoms with Gasteiger partial charge < -0.3 is 5.73 Å². The van der Waals surface area contributed by atoms with Crippen molar-refractivity contribution in [2.45, 2.75) is 26.2 Å².